The van der Waals surface area contributed by atoms with Crippen LogP contribution >= 0.6 is 0 Å². The standard InChI is InChI=1S/C20H40N2O7/c1-23-13-14-27-16-15-26-10-6-22-7-12-29-19(17-22)20(24-2)18-28-11-5-21-3-8-25-9-4-21/h19-20H,3-18H2,1-2H3. The largest absolute Gasteiger partial charge is 0.382 e. The molecule has 2 saturated heterocycles. The molecule has 2 atom stereocenters. The summed E-state index contributed by atoms with van der Waals surface area (Å²) in [4.78, 5) is 4.73. The smallest absolute Gasteiger partial charge is 0.108 e. The van der Waals surface area contributed by atoms with Crippen molar-refractivity contribution < 1.29 is 33.2 Å². The molecule has 29 heavy (non-hydrogen) atoms. The van der Waals surface area contributed by atoms with Crippen LogP contribution in [-0.2, 0) is 33.2 Å². The van der Waals surface area contributed by atoms with Crippen molar-refractivity contribution in [2.75, 3.05) is 120 Å². The van der Waals surface area contributed by atoms with E-state index in [-0.39, 0.29) is 12.2 Å². The monoisotopic (exact) mass is 420 g/mol. The highest BCUT2D eigenvalue weighted by atomic mass is 16.6. The molecule has 2 heterocycles. The molecule has 9 heteroatoms. The van der Waals surface area contributed by atoms with Crippen LogP contribution in [0.4, 0.5) is 0 Å². The van der Waals surface area contributed by atoms with E-state index >= 15 is 0 Å². The third-order valence-corrected chi connectivity index (χ3v) is 5.19. The molecule has 9 nitrogen and oxygen atoms in total. The van der Waals surface area contributed by atoms with Gasteiger partial charge in [-0.2, -0.15) is 0 Å². The predicted molar refractivity (Wildman–Crippen MR) is 109 cm³/mol. The summed E-state index contributed by atoms with van der Waals surface area (Å²) < 4.78 is 38.8. The SMILES string of the molecule is COCCOCCOCCN1CCOC(C(COCCN2CCOCC2)OC)C1. The summed E-state index contributed by atoms with van der Waals surface area (Å²) in [5, 5.41) is 0. The molecule has 0 spiro atoms. The number of rotatable bonds is 16. The maximum absolute atomic E-state index is 5.94. The van der Waals surface area contributed by atoms with Crippen LogP contribution in [-0.4, -0.2) is 142 Å². The molecular weight excluding hydrogens is 380 g/mol. The minimum atomic E-state index is -0.0578. The Bertz CT molecular complexity index is 386. The van der Waals surface area contributed by atoms with Crippen molar-refractivity contribution >= 4 is 0 Å². The third kappa shape index (κ3) is 11.0. The zero-order valence-electron chi connectivity index (χ0n) is 18.2. The second kappa shape index (κ2) is 16.3. The average molecular weight is 421 g/mol. The summed E-state index contributed by atoms with van der Waals surface area (Å²) >= 11 is 0. The Morgan fingerprint density at radius 3 is 2.21 bits per heavy atom. The van der Waals surface area contributed by atoms with Gasteiger partial charge in [0, 0.05) is 53.5 Å². The van der Waals surface area contributed by atoms with E-state index in [1.807, 2.05) is 0 Å². The molecule has 0 aromatic heterocycles. The van der Waals surface area contributed by atoms with Gasteiger partial charge < -0.3 is 33.2 Å². The number of nitrogens with zero attached hydrogens (tertiary/aromatic N) is 2. The molecule has 0 aromatic carbocycles. The van der Waals surface area contributed by atoms with Crippen LogP contribution in [0.15, 0.2) is 0 Å². The van der Waals surface area contributed by atoms with Crippen molar-refractivity contribution in [3.8, 4) is 0 Å². The van der Waals surface area contributed by atoms with Crippen LogP contribution in [0.5, 0.6) is 0 Å². The first kappa shape index (κ1) is 24.9. The molecule has 2 aliphatic heterocycles. The van der Waals surface area contributed by atoms with Gasteiger partial charge in [0.25, 0.3) is 0 Å². The fraction of sp³-hybridized carbons (Fsp3) is 1.00. The highest BCUT2D eigenvalue weighted by molar-refractivity contribution is 4.79. The topological polar surface area (TPSA) is 71.1 Å². The van der Waals surface area contributed by atoms with Crippen molar-refractivity contribution in [1.29, 1.82) is 0 Å². The van der Waals surface area contributed by atoms with Gasteiger partial charge in [0.05, 0.1) is 72.2 Å². The van der Waals surface area contributed by atoms with E-state index in [1.165, 1.54) is 0 Å². The minimum absolute atomic E-state index is 0.0227. The third-order valence-electron chi connectivity index (χ3n) is 5.19. The zero-order chi connectivity index (χ0) is 20.6. The van der Waals surface area contributed by atoms with E-state index < -0.39 is 0 Å². The first-order chi connectivity index (χ1) is 14.3. The minimum Gasteiger partial charge on any atom is -0.382 e. The van der Waals surface area contributed by atoms with Crippen LogP contribution in [0.2, 0.25) is 0 Å². The molecule has 0 saturated carbocycles. The molecule has 172 valence electrons. The van der Waals surface area contributed by atoms with Gasteiger partial charge in [-0.15, -0.1) is 0 Å². The van der Waals surface area contributed by atoms with Gasteiger partial charge in [-0.3, -0.25) is 9.80 Å². The molecule has 0 aromatic rings. The number of hydrogen-bond donors (Lipinski definition) is 0. The maximum atomic E-state index is 5.94. The lowest BCUT2D eigenvalue weighted by Gasteiger charge is -2.36. The molecule has 2 fully saturated rings. The van der Waals surface area contributed by atoms with Crippen LogP contribution in [0.1, 0.15) is 0 Å². The van der Waals surface area contributed by atoms with Gasteiger partial charge in [-0.05, 0) is 0 Å². The molecule has 0 bridgehead atoms. The first-order valence-corrected chi connectivity index (χ1v) is 10.7. The molecule has 0 aliphatic carbocycles. The van der Waals surface area contributed by atoms with E-state index in [4.69, 9.17) is 33.2 Å². The van der Waals surface area contributed by atoms with E-state index in [0.29, 0.717) is 52.9 Å². The average Bonchev–Trinajstić information content (AvgIpc) is 2.76. The van der Waals surface area contributed by atoms with Crippen molar-refractivity contribution in [2.24, 2.45) is 0 Å². The quantitative estimate of drug-likeness (QED) is 0.314. The van der Waals surface area contributed by atoms with E-state index in [9.17, 15) is 0 Å². The second-order valence-corrected chi connectivity index (χ2v) is 7.23. The summed E-state index contributed by atoms with van der Waals surface area (Å²) in [5.74, 6) is 0. The predicted octanol–water partition coefficient (Wildman–Crippen LogP) is -0.269. The number of ether oxygens (including phenoxy) is 7. The van der Waals surface area contributed by atoms with Crippen LogP contribution in [0.3, 0.4) is 0 Å². The van der Waals surface area contributed by atoms with E-state index in [1.54, 1.807) is 14.2 Å². The van der Waals surface area contributed by atoms with Crippen molar-refractivity contribution in [2.45, 2.75) is 12.2 Å². The number of methoxy groups -OCH3 is 2. The van der Waals surface area contributed by atoms with Crippen molar-refractivity contribution in [1.82, 2.24) is 9.80 Å². The Hall–Kier alpha value is -0.360. The number of morpholine rings is 2. The Morgan fingerprint density at radius 2 is 1.45 bits per heavy atom. The summed E-state index contributed by atoms with van der Waals surface area (Å²) in [6.07, 6.45) is -0.0351. The molecular formula is C20H40N2O7. The Balaban J connectivity index is 1.53. The van der Waals surface area contributed by atoms with Crippen LogP contribution in [0, 0.1) is 0 Å². The van der Waals surface area contributed by atoms with E-state index in [2.05, 4.69) is 9.80 Å². The van der Waals surface area contributed by atoms with Crippen molar-refractivity contribution in [3.63, 3.8) is 0 Å². The van der Waals surface area contributed by atoms with Gasteiger partial charge in [-0.1, -0.05) is 0 Å². The van der Waals surface area contributed by atoms with Crippen LogP contribution in [0.25, 0.3) is 0 Å². The molecule has 0 amide bonds. The lowest BCUT2D eigenvalue weighted by molar-refractivity contribution is -0.125. The van der Waals surface area contributed by atoms with Crippen LogP contribution < -0.4 is 0 Å². The molecule has 2 unspecified atom stereocenters. The molecule has 2 aliphatic rings. The summed E-state index contributed by atoms with van der Waals surface area (Å²) in [6.45, 7) is 12.3. The Labute approximate surface area is 175 Å². The van der Waals surface area contributed by atoms with Gasteiger partial charge in [-0.25, -0.2) is 0 Å². The Kier molecular flexibility index (Phi) is 14.0. The summed E-state index contributed by atoms with van der Waals surface area (Å²) in [7, 11) is 3.40. The first-order valence-electron chi connectivity index (χ1n) is 10.7. The van der Waals surface area contributed by atoms with Gasteiger partial charge >= 0.3 is 0 Å². The van der Waals surface area contributed by atoms with E-state index in [0.717, 1.165) is 52.5 Å². The lowest BCUT2D eigenvalue weighted by Crippen LogP contribution is -2.50. The lowest BCUT2D eigenvalue weighted by atomic mass is 10.1. The molecule has 2 rings (SSSR count). The maximum Gasteiger partial charge on any atom is 0.108 e. The second-order valence-electron chi connectivity index (χ2n) is 7.23. The Morgan fingerprint density at radius 1 is 0.793 bits per heavy atom. The highest BCUT2D eigenvalue weighted by Gasteiger charge is 2.28. The van der Waals surface area contributed by atoms with Gasteiger partial charge in [0.15, 0.2) is 0 Å². The van der Waals surface area contributed by atoms with Gasteiger partial charge in [0.1, 0.15) is 6.10 Å². The molecule has 0 radical (unpaired) electrons. The van der Waals surface area contributed by atoms with Gasteiger partial charge in [0.2, 0.25) is 0 Å². The fourth-order valence-electron chi connectivity index (χ4n) is 3.36. The number of hydrogen-bond acceptors (Lipinski definition) is 9. The van der Waals surface area contributed by atoms with Crippen molar-refractivity contribution in [3.05, 3.63) is 0 Å². The molecule has 0 N–H and O–H groups in total. The summed E-state index contributed by atoms with van der Waals surface area (Å²) in [6, 6.07) is 0. The highest BCUT2D eigenvalue weighted by Crippen LogP contribution is 2.12. The fourth-order valence-corrected chi connectivity index (χ4v) is 3.36. The summed E-state index contributed by atoms with van der Waals surface area (Å²) in [5.41, 5.74) is 0. The normalized spacial score (nSPS) is 22.8. The zero-order valence-corrected chi connectivity index (χ0v) is 18.2.